The molecular formula is C55H102Cl2N2O14. The number of carbonyl (C=O) groups excluding carboxylic acids is 6. The summed E-state index contributed by atoms with van der Waals surface area (Å²) in [6, 6.07) is 0. The van der Waals surface area contributed by atoms with Gasteiger partial charge in [0.25, 0.3) is 0 Å². The fourth-order valence-electron chi connectivity index (χ4n) is 7.20. The first-order chi connectivity index (χ1) is 33.7. The summed E-state index contributed by atoms with van der Waals surface area (Å²) in [5.74, 6) is -2.06. The molecule has 0 radical (unpaired) electrons. The van der Waals surface area contributed by atoms with Gasteiger partial charge in [-0.25, -0.2) is 9.59 Å². The van der Waals surface area contributed by atoms with E-state index in [9.17, 15) is 39.0 Å². The molecule has 0 spiro atoms. The summed E-state index contributed by atoms with van der Waals surface area (Å²) >= 11 is 0. The fraction of sp³-hybridized carbons (Fsp3) is 0.818. The second kappa shape index (κ2) is 49.6. The SMILES string of the molecule is CCCCC/C=C\CC(O)C(CCCCC)OC(=O)C[N+](C)(C)CCOC(C)=O.CCCCCC(OC(=O)C[N+](C)(C)CCOC(C)=O)C(O)C/C=C\CCCCCCCC(=O)OCOC(=O)CCCC.[Cl-].[Cl-]. The Bertz CT molecular complexity index is 1480. The van der Waals surface area contributed by atoms with Crippen molar-refractivity contribution in [2.75, 3.05) is 74.4 Å². The zero-order valence-corrected chi connectivity index (χ0v) is 48.5. The lowest BCUT2D eigenvalue weighted by Gasteiger charge is -2.30. The van der Waals surface area contributed by atoms with Crippen molar-refractivity contribution in [3.05, 3.63) is 24.3 Å². The minimum Gasteiger partial charge on any atom is -1.00 e. The van der Waals surface area contributed by atoms with E-state index in [1.165, 1.54) is 33.1 Å². The molecule has 2 N–H and O–H groups in total. The van der Waals surface area contributed by atoms with E-state index in [1.54, 1.807) is 0 Å². The van der Waals surface area contributed by atoms with Crippen molar-refractivity contribution in [1.82, 2.24) is 0 Å². The molecule has 0 aliphatic heterocycles. The molecule has 16 nitrogen and oxygen atoms in total. The normalized spacial score (nSPS) is 13.0. The summed E-state index contributed by atoms with van der Waals surface area (Å²) in [7, 11) is 7.54. The summed E-state index contributed by atoms with van der Waals surface area (Å²) in [6.45, 7) is 12.6. The smallest absolute Gasteiger partial charge is 0.362 e. The molecule has 0 aromatic rings. The lowest BCUT2D eigenvalue weighted by molar-refractivity contribution is -0.883. The van der Waals surface area contributed by atoms with E-state index < -0.39 is 24.4 Å². The number of nitrogens with zero attached hydrogens (tertiary/aromatic N) is 2. The van der Waals surface area contributed by atoms with Gasteiger partial charge in [-0.3, -0.25) is 19.2 Å². The number of aliphatic hydroxyl groups excluding tert-OH is 2. The van der Waals surface area contributed by atoms with E-state index in [4.69, 9.17) is 28.4 Å². The fourth-order valence-corrected chi connectivity index (χ4v) is 7.20. The van der Waals surface area contributed by atoms with Gasteiger partial charge in [0.1, 0.15) is 38.5 Å². The number of likely N-dealkylation sites (N-methyl/N-ethyl adjacent to an activating group) is 2. The maximum atomic E-state index is 12.6. The Morgan fingerprint density at radius 2 is 0.808 bits per heavy atom. The van der Waals surface area contributed by atoms with Gasteiger partial charge in [0.15, 0.2) is 13.1 Å². The average Bonchev–Trinajstić information content (AvgIpc) is 3.28. The third-order valence-electron chi connectivity index (χ3n) is 11.7. The molecule has 0 saturated heterocycles. The Hall–Kier alpha value is -3.28. The topological polar surface area (TPSA) is 198 Å². The van der Waals surface area contributed by atoms with Crippen molar-refractivity contribution in [1.29, 1.82) is 0 Å². The van der Waals surface area contributed by atoms with Gasteiger partial charge < -0.3 is 72.4 Å². The first kappa shape index (κ1) is 76.2. The van der Waals surface area contributed by atoms with Crippen LogP contribution in [0.5, 0.6) is 0 Å². The molecule has 0 aliphatic rings. The minimum atomic E-state index is -0.765. The summed E-state index contributed by atoms with van der Waals surface area (Å²) in [5, 5.41) is 21.3. The lowest BCUT2D eigenvalue weighted by Crippen LogP contribution is -3.00. The summed E-state index contributed by atoms with van der Waals surface area (Å²) in [6.07, 6.45) is 26.4. The highest BCUT2D eigenvalue weighted by Crippen LogP contribution is 2.18. The second-order valence-corrected chi connectivity index (χ2v) is 20.0. The largest absolute Gasteiger partial charge is 1.00 e. The van der Waals surface area contributed by atoms with Crippen molar-refractivity contribution >= 4 is 35.8 Å². The highest BCUT2D eigenvalue weighted by atomic mass is 35.5. The van der Waals surface area contributed by atoms with Crippen LogP contribution in [0.1, 0.15) is 196 Å². The minimum absolute atomic E-state index is 0. The van der Waals surface area contributed by atoms with Crippen LogP contribution in [0.4, 0.5) is 0 Å². The Morgan fingerprint density at radius 1 is 0.452 bits per heavy atom. The third kappa shape index (κ3) is 50.6. The molecule has 0 rings (SSSR count). The maximum absolute atomic E-state index is 12.6. The van der Waals surface area contributed by atoms with Crippen LogP contribution in [0.25, 0.3) is 0 Å². The van der Waals surface area contributed by atoms with Gasteiger partial charge in [0, 0.05) is 26.7 Å². The Labute approximate surface area is 454 Å². The van der Waals surface area contributed by atoms with E-state index in [0.717, 1.165) is 96.3 Å². The van der Waals surface area contributed by atoms with Gasteiger partial charge in [-0.05, 0) is 77.0 Å². The monoisotopic (exact) mass is 1080 g/mol. The molecule has 0 saturated carbocycles. The molecule has 18 heteroatoms. The molecule has 430 valence electrons. The van der Waals surface area contributed by atoms with Gasteiger partial charge >= 0.3 is 35.8 Å². The number of rotatable bonds is 43. The van der Waals surface area contributed by atoms with Crippen molar-refractivity contribution in [3.8, 4) is 0 Å². The third-order valence-corrected chi connectivity index (χ3v) is 11.7. The van der Waals surface area contributed by atoms with Crippen LogP contribution in [-0.2, 0) is 57.2 Å². The number of quaternary nitrogens is 2. The van der Waals surface area contributed by atoms with Crippen molar-refractivity contribution < 1.29 is 101 Å². The number of unbranched alkanes of at least 4 members (excludes halogenated alkanes) is 13. The number of hydrogen-bond donors (Lipinski definition) is 2. The number of halogens is 2. The van der Waals surface area contributed by atoms with E-state index >= 15 is 0 Å². The van der Waals surface area contributed by atoms with Crippen LogP contribution in [0.3, 0.4) is 0 Å². The Kier molecular flexibility index (Phi) is 51.8. The van der Waals surface area contributed by atoms with Crippen LogP contribution in [0.15, 0.2) is 24.3 Å². The van der Waals surface area contributed by atoms with Crippen LogP contribution in [0.2, 0.25) is 0 Å². The first-order valence-corrected chi connectivity index (χ1v) is 27.0. The number of allylic oxidation sites excluding steroid dienone is 2. The lowest BCUT2D eigenvalue weighted by atomic mass is 10.0. The van der Waals surface area contributed by atoms with Gasteiger partial charge in [-0.15, -0.1) is 0 Å². The molecule has 0 fully saturated rings. The molecule has 0 aliphatic carbocycles. The van der Waals surface area contributed by atoms with Crippen molar-refractivity contribution in [3.63, 3.8) is 0 Å². The van der Waals surface area contributed by atoms with Crippen LogP contribution in [0, 0.1) is 0 Å². The van der Waals surface area contributed by atoms with Crippen LogP contribution in [-0.4, -0.2) is 154 Å². The molecule has 0 bridgehead atoms. The molecule has 73 heavy (non-hydrogen) atoms. The zero-order valence-electron chi connectivity index (χ0n) is 47.0. The van der Waals surface area contributed by atoms with Crippen LogP contribution >= 0.6 is 0 Å². The molecule has 0 aromatic carbocycles. The summed E-state index contributed by atoms with van der Waals surface area (Å²) < 4.78 is 31.8. The van der Waals surface area contributed by atoms with Gasteiger partial charge in [0.05, 0.1) is 40.4 Å². The van der Waals surface area contributed by atoms with Crippen molar-refractivity contribution in [2.24, 2.45) is 0 Å². The molecule has 0 aromatic heterocycles. The van der Waals surface area contributed by atoms with E-state index in [1.807, 2.05) is 47.3 Å². The number of aliphatic hydroxyl groups is 2. The predicted octanol–water partition coefficient (Wildman–Crippen LogP) is 3.40. The maximum Gasteiger partial charge on any atom is 0.362 e. The number of carbonyl (C=O) groups is 6. The van der Waals surface area contributed by atoms with E-state index in [0.29, 0.717) is 60.6 Å². The number of hydrogen-bond acceptors (Lipinski definition) is 14. The standard InChI is InChI=1S/C32H58NO9.C23H44NO5.2ClH/c1-6-8-16-20-29(42-32(38)25-33(4,5)23-24-39-27(3)34)28(35)19-17-14-12-10-11-13-15-18-22-31(37)41-26-40-30(36)21-9-7-2;1-6-8-10-11-12-14-15-21(26)22(16-13-9-7-2)29-23(27)19-24(4,5)17-18-28-20(3)25;;/h14,17,28-29,35H,6-13,15-16,18-26H2,1-5H3;12,14,21-22,26H,6-11,13,15-19H2,1-5H3;2*1H/q2*+1;;/p-2/b17-14-;14-12-;;. The number of ether oxygens (including phenoxy) is 6. The average molecular weight is 1090 g/mol. The molecule has 0 heterocycles. The van der Waals surface area contributed by atoms with Gasteiger partial charge in [0.2, 0.25) is 6.79 Å². The molecule has 4 atom stereocenters. The van der Waals surface area contributed by atoms with Gasteiger partial charge in [-0.2, -0.15) is 0 Å². The summed E-state index contributed by atoms with van der Waals surface area (Å²) in [5.41, 5.74) is 0. The van der Waals surface area contributed by atoms with E-state index in [2.05, 4.69) is 32.9 Å². The number of esters is 6. The Morgan fingerprint density at radius 3 is 1.21 bits per heavy atom. The second-order valence-electron chi connectivity index (χ2n) is 20.0. The van der Waals surface area contributed by atoms with Crippen LogP contribution < -0.4 is 24.8 Å². The highest BCUT2D eigenvalue weighted by molar-refractivity contribution is 5.72. The Balaban J connectivity index is -0.000000676. The molecule has 0 amide bonds. The van der Waals surface area contributed by atoms with Crippen molar-refractivity contribution in [2.45, 2.75) is 220 Å². The molecular weight excluding hydrogens is 984 g/mol. The predicted molar refractivity (Wildman–Crippen MR) is 278 cm³/mol. The summed E-state index contributed by atoms with van der Waals surface area (Å²) in [4.78, 5) is 70.1. The molecule has 4 unspecified atom stereocenters. The quantitative estimate of drug-likeness (QED) is 0.0225. The van der Waals surface area contributed by atoms with Gasteiger partial charge in [-0.1, -0.05) is 116 Å². The first-order valence-electron chi connectivity index (χ1n) is 27.0. The highest BCUT2D eigenvalue weighted by Gasteiger charge is 2.29. The zero-order chi connectivity index (χ0) is 53.8. The van der Waals surface area contributed by atoms with E-state index in [-0.39, 0.29) is 93.7 Å².